The van der Waals surface area contributed by atoms with Crippen molar-refractivity contribution >= 4 is 23.6 Å². The minimum Gasteiger partial charge on any atom is -0.481 e. The van der Waals surface area contributed by atoms with Crippen molar-refractivity contribution < 1.29 is 37.5 Å². The minimum absolute atomic E-state index is 0.0542. The van der Waals surface area contributed by atoms with E-state index >= 15 is 0 Å². The fraction of sp³-hybridized carbons (Fsp3) is 0.500. The summed E-state index contributed by atoms with van der Waals surface area (Å²) in [6.07, 6.45) is -5.97. The molecule has 0 fully saturated rings. The van der Waals surface area contributed by atoms with E-state index in [4.69, 9.17) is 5.11 Å². The van der Waals surface area contributed by atoms with E-state index in [1.54, 1.807) is 49.5 Å². The molecular weight excluding hydrogens is 405 g/mol. The summed E-state index contributed by atoms with van der Waals surface area (Å²) >= 11 is 0. The third kappa shape index (κ3) is 9.06. The number of nitrogens with one attached hydrogen (secondary N) is 2. The standard InChI is InChI=1S/C20H25F3N2O5/c1-12(2)10-14(16(26)8-9-17(27)28)24-18(29)15(25-19(30)20(21,22)23)11-13-6-4-3-5-7-13/h3-7,12,14-15H,8-11H2,1-2H3,(H,24,29)(H,25,30)(H,27,28)/t14-,15-/m0/s1. The molecule has 0 aliphatic heterocycles. The Morgan fingerprint density at radius 3 is 2.07 bits per heavy atom. The molecule has 0 saturated heterocycles. The van der Waals surface area contributed by atoms with Crippen molar-refractivity contribution in [3.8, 4) is 0 Å². The molecule has 0 aliphatic rings. The number of ketones is 1. The molecule has 0 unspecified atom stereocenters. The van der Waals surface area contributed by atoms with E-state index in [1.165, 1.54) is 0 Å². The zero-order chi connectivity index (χ0) is 22.9. The Bertz CT molecular complexity index is 751. The maximum atomic E-state index is 12.7. The van der Waals surface area contributed by atoms with Crippen molar-refractivity contribution in [3.63, 3.8) is 0 Å². The molecule has 1 aromatic carbocycles. The summed E-state index contributed by atoms with van der Waals surface area (Å²) in [5.41, 5.74) is 0.512. The quantitative estimate of drug-likeness (QED) is 0.498. The number of carbonyl (C=O) groups excluding carboxylic acids is 3. The molecule has 0 saturated carbocycles. The summed E-state index contributed by atoms with van der Waals surface area (Å²) < 4.78 is 38.1. The Balaban J connectivity index is 3.01. The first kappa shape index (κ1) is 25.1. The highest BCUT2D eigenvalue weighted by molar-refractivity contribution is 5.94. The van der Waals surface area contributed by atoms with Gasteiger partial charge in [0, 0.05) is 12.8 Å². The summed E-state index contributed by atoms with van der Waals surface area (Å²) in [6.45, 7) is 3.55. The predicted molar refractivity (Wildman–Crippen MR) is 101 cm³/mol. The van der Waals surface area contributed by atoms with Crippen LogP contribution in [0, 0.1) is 5.92 Å². The van der Waals surface area contributed by atoms with Gasteiger partial charge in [-0.05, 0) is 17.9 Å². The largest absolute Gasteiger partial charge is 0.481 e. The molecule has 7 nitrogen and oxygen atoms in total. The molecular formula is C20H25F3N2O5. The average Bonchev–Trinajstić information content (AvgIpc) is 2.64. The SMILES string of the molecule is CC(C)C[C@H](NC(=O)[C@H](Cc1ccccc1)NC(=O)C(F)(F)F)C(=O)CCC(=O)O. The lowest BCUT2D eigenvalue weighted by Gasteiger charge is -2.24. The maximum absolute atomic E-state index is 12.7. The number of carbonyl (C=O) groups is 4. The number of hydrogen-bond donors (Lipinski definition) is 3. The van der Waals surface area contributed by atoms with E-state index < -0.39 is 48.2 Å². The monoisotopic (exact) mass is 430 g/mol. The Morgan fingerprint density at radius 1 is 0.967 bits per heavy atom. The molecule has 0 radical (unpaired) electrons. The number of carboxylic acid groups (broad SMARTS) is 1. The van der Waals surface area contributed by atoms with Gasteiger partial charge in [-0.15, -0.1) is 0 Å². The third-order valence-corrected chi connectivity index (χ3v) is 4.16. The van der Waals surface area contributed by atoms with Crippen LogP contribution in [0.25, 0.3) is 0 Å². The van der Waals surface area contributed by atoms with Gasteiger partial charge < -0.3 is 15.7 Å². The van der Waals surface area contributed by atoms with Crippen LogP contribution in [0.1, 0.15) is 38.7 Å². The van der Waals surface area contributed by atoms with Crippen LogP contribution >= 0.6 is 0 Å². The number of carboxylic acids is 1. The predicted octanol–water partition coefficient (Wildman–Crippen LogP) is 2.24. The number of rotatable bonds is 11. The van der Waals surface area contributed by atoms with Crippen LogP contribution < -0.4 is 10.6 Å². The van der Waals surface area contributed by atoms with E-state index in [0.717, 1.165) is 0 Å². The highest BCUT2D eigenvalue weighted by atomic mass is 19.4. The number of hydrogen-bond acceptors (Lipinski definition) is 4. The normalized spacial score (nSPS) is 13.4. The van der Waals surface area contributed by atoms with Crippen molar-refractivity contribution in [3.05, 3.63) is 35.9 Å². The van der Waals surface area contributed by atoms with Crippen LogP contribution in [-0.2, 0) is 25.6 Å². The number of amides is 2. The van der Waals surface area contributed by atoms with Gasteiger partial charge in [0.15, 0.2) is 5.78 Å². The highest BCUT2D eigenvalue weighted by Gasteiger charge is 2.41. The molecule has 1 aromatic rings. The minimum atomic E-state index is -5.18. The summed E-state index contributed by atoms with van der Waals surface area (Å²) in [5, 5.41) is 12.8. The fourth-order valence-corrected chi connectivity index (χ4v) is 2.72. The zero-order valence-corrected chi connectivity index (χ0v) is 16.7. The van der Waals surface area contributed by atoms with Gasteiger partial charge in [-0.2, -0.15) is 13.2 Å². The van der Waals surface area contributed by atoms with Gasteiger partial charge in [-0.3, -0.25) is 19.2 Å². The van der Waals surface area contributed by atoms with Crippen molar-refractivity contribution in [1.29, 1.82) is 0 Å². The molecule has 166 valence electrons. The van der Waals surface area contributed by atoms with Crippen molar-refractivity contribution in [2.45, 2.75) is 57.8 Å². The second kappa shape index (κ2) is 11.3. The van der Waals surface area contributed by atoms with Crippen LogP contribution in [0.2, 0.25) is 0 Å². The van der Waals surface area contributed by atoms with Gasteiger partial charge in [0.2, 0.25) is 5.91 Å². The smallest absolute Gasteiger partial charge is 0.471 e. The Hall–Kier alpha value is -2.91. The molecule has 30 heavy (non-hydrogen) atoms. The fourth-order valence-electron chi connectivity index (χ4n) is 2.72. The van der Waals surface area contributed by atoms with E-state index in [0.29, 0.717) is 5.56 Å². The van der Waals surface area contributed by atoms with E-state index in [1.807, 2.05) is 0 Å². The van der Waals surface area contributed by atoms with Crippen LogP contribution in [-0.4, -0.2) is 46.9 Å². The lowest BCUT2D eigenvalue weighted by molar-refractivity contribution is -0.174. The molecule has 2 amide bonds. The van der Waals surface area contributed by atoms with Crippen molar-refractivity contribution in [1.82, 2.24) is 10.6 Å². The summed E-state index contributed by atoms with van der Waals surface area (Å²) in [4.78, 5) is 47.1. The molecule has 10 heteroatoms. The molecule has 0 aromatic heterocycles. The van der Waals surface area contributed by atoms with Crippen LogP contribution in [0.3, 0.4) is 0 Å². The van der Waals surface area contributed by atoms with Crippen molar-refractivity contribution in [2.75, 3.05) is 0 Å². The van der Waals surface area contributed by atoms with Crippen molar-refractivity contribution in [2.24, 2.45) is 5.92 Å². The molecule has 2 atom stereocenters. The first-order valence-corrected chi connectivity index (χ1v) is 9.36. The Labute approximate surface area is 172 Å². The number of alkyl halides is 3. The lowest BCUT2D eigenvalue weighted by atomic mass is 9.96. The van der Waals surface area contributed by atoms with E-state index in [2.05, 4.69) is 5.32 Å². The third-order valence-electron chi connectivity index (χ3n) is 4.16. The van der Waals surface area contributed by atoms with Gasteiger partial charge in [-0.1, -0.05) is 44.2 Å². The van der Waals surface area contributed by atoms with Crippen LogP contribution in [0.15, 0.2) is 30.3 Å². The summed E-state index contributed by atoms with van der Waals surface area (Å²) in [6, 6.07) is 5.49. The van der Waals surface area contributed by atoms with Gasteiger partial charge in [0.05, 0.1) is 12.5 Å². The lowest BCUT2D eigenvalue weighted by Crippen LogP contribution is -2.54. The van der Waals surface area contributed by atoms with Gasteiger partial charge >= 0.3 is 18.1 Å². The number of benzene rings is 1. The molecule has 3 N–H and O–H groups in total. The molecule has 0 aliphatic carbocycles. The Kier molecular flexibility index (Phi) is 9.48. The second-order valence-electron chi connectivity index (χ2n) is 7.26. The maximum Gasteiger partial charge on any atom is 0.471 e. The van der Waals surface area contributed by atoms with Crippen LogP contribution in [0.4, 0.5) is 13.2 Å². The average molecular weight is 430 g/mol. The summed E-state index contributed by atoms with van der Waals surface area (Å²) in [7, 11) is 0. The van der Waals surface area contributed by atoms with E-state index in [9.17, 15) is 32.3 Å². The number of aliphatic carboxylic acids is 1. The molecule has 0 spiro atoms. The number of halogens is 3. The Morgan fingerprint density at radius 2 is 1.57 bits per heavy atom. The van der Waals surface area contributed by atoms with Gasteiger partial charge in [0.1, 0.15) is 6.04 Å². The molecule has 0 heterocycles. The topological polar surface area (TPSA) is 113 Å². The summed E-state index contributed by atoms with van der Waals surface area (Å²) in [5.74, 6) is -5.00. The molecule has 1 rings (SSSR count). The van der Waals surface area contributed by atoms with Gasteiger partial charge in [0.25, 0.3) is 0 Å². The zero-order valence-electron chi connectivity index (χ0n) is 16.7. The highest BCUT2D eigenvalue weighted by Crippen LogP contribution is 2.16. The van der Waals surface area contributed by atoms with Gasteiger partial charge in [-0.25, -0.2) is 0 Å². The first-order chi connectivity index (χ1) is 13.9. The number of Topliss-reactive ketones (excluding diaryl/α,β-unsaturated/α-hetero) is 1. The molecule has 0 bridgehead atoms. The van der Waals surface area contributed by atoms with E-state index in [-0.39, 0.29) is 25.2 Å². The van der Waals surface area contributed by atoms with Crippen LogP contribution in [0.5, 0.6) is 0 Å². The first-order valence-electron chi connectivity index (χ1n) is 9.36. The second-order valence-corrected chi connectivity index (χ2v) is 7.26.